The van der Waals surface area contributed by atoms with Gasteiger partial charge >= 0.3 is 12.0 Å². The molecule has 1 atom stereocenters. The SMILES string of the molecule is C[C@H](OC(=O)c1cc(-c2ccc(Cl)cc2)nc2ccccc12)C(=O)NC(N)=O. The summed E-state index contributed by atoms with van der Waals surface area (Å²) < 4.78 is 5.21. The average Bonchev–Trinajstić information content (AvgIpc) is 2.67. The van der Waals surface area contributed by atoms with Gasteiger partial charge in [-0.2, -0.15) is 0 Å². The van der Waals surface area contributed by atoms with Crippen LogP contribution < -0.4 is 11.1 Å². The van der Waals surface area contributed by atoms with Gasteiger partial charge in [0.15, 0.2) is 6.10 Å². The molecule has 2 aromatic carbocycles. The van der Waals surface area contributed by atoms with Crippen LogP contribution in [-0.4, -0.2) is 29.0 Å². The number of carbonyl (C=O) groups excluding carboxylic acids is 3. The fourth-order valence-electron chi connectivity index (χ4n) is 2.61. The zero-order chi connectivity index (χ0) is 20.3. The summed E-state index contributed by atoms with van der Waals surface area (Å²) in [6.45, 7) is 1.35. The van der Waals surface area contributed by atoms with E-state index < -0.39 is 24.0 Å². The lowest BCUT2D eigenvalue weighted by Gasteiger charge is -2.14. The molecule has 7 nitrogen and oxygen atoms in total. The van der Waals surface area contributed by atoms with Gasteiger partial charge in [0.05, 0.1) is 16.8 Å². The molecule has 8 heteroatoms. The molecule has 0 unspecified atom stereocenters. The van der Waals surface area contributed by atoms with Gasteiger partial charge in [-0.1, -0.05) is 41.9 Å². The molecule has 0 aliphatic carbocycles. The molecular weight excluding hydrogens is 382 g/mol. The molecule has 3 N–H and O–H groups in total. The molecule has 142 valence electrons. The number of para-hydroxylation sites is 1. The number of imide groups is 1. The Labute approximate surface area is 165 Å². The third kappa shape index (κ3) is 4.27. The lowest BCUT2D eigenvalue weighted by molar-refractivity contribution is -0.127. The minimum absolute atomic E-state index is 0.245. The molecule has 1 aromatic heterocycles. The van der Waals surface area contributed by atoms with Crippen molar-refractivity contribution in [3.05, 3.63) is 65.2 Å². The van der Waals surface area contributed by atoms with Crippen LogP contribution in [0.25, 0.3) is 22.2 Å². The summed E-state index contributed by atoms with van der Waals surface area (Å²) in [5.74, 6) is -1.53. The predicted octanol–water partition coefficient (Wildman–Crippen LogP) is 3.30. The van der Waals surface area contributed by atoms with Crippen molar-refractivity contribution in [1.29, 1.82) is 0 Å². The van der Waals surface area contributed by atoms with Gasteiger partial charge in [-0.25, -0.2) is 14.6 Å². The molecule has 0 saturated heterocycles. The van der Waals surface area contributed by atoms with Gasteiger partial charge in [0.1, 0.15) is 0 Å². The Morgan fingerprint density at radius 1 is 1.11 bits per heavy atom. The summed E-state index contributed by atoms with van der Waals surface area (Å²) in [6, 6.07) is 14.7. The van der Waals surface area contributed by atoms with Crippen LogP contribution in [-0.2, 0) is 9.53 Å². The van der Waals surface area contributed by atoms with Crippen molar-refractivity contribution < 1.29 is 19.1 Å². The molecule has 0 spiro atoms. The highest BCUT2D eigenvalue weighted by Gasteiger charge is 2.22. The summed E-state index contributed by atoms with van der Waals surface area (Å²) >= 11 is 5.93. The van der Waals surface area contributed by atoms with Crippen molar-refractivity contribution in [2.24, 2.45) is 5.73 Å². The number of fused-ring (bicyclic) bond motifs is 1. The maximum Gasteiger partial charge on any atom is 0.339 e. The third-order valence-electron chi connectivity index (χ3n) is 3.98. The number of ether oxygens (including phenoxy) is 1. The average molecular weight is 398 g/mol. The van der Waals surface area contributed by atoms with E-state index in [9.17, 15) is 14.4 Å². The van der Waals surface area contributed by atoms with Gasteiger partial charge in [-0.15, -0.1) is 0 Å². The van der Waals surface area contributed by atoms with Crippen LogP contribution in [0.2, 0.25) is 5.02 Å². The molecule has 28 heavy (non-hydrogen) atoms. The molecule has 3 rings (SSSR count). The summed E-state index contributed by atoms with van der Waals surface area (Å²) in [5.41, 5.74) is 7.07. The smallest absolute Gasteiger partial charge is 0.339 e. The Hall–Kier alpha value is -3.45. The van der Waals surface area contributed by atoms with Gasteiger partial charge in [0, 0.05) is 16.0 Å². The van der Waals surface area contributed by atoms with Crippen molar-refractivity contribution in [2.45, 2.75) is 13.0 Å². The first-order valence-corrected chi connectivity index (χ1v) is 8.70. The second-order valence-electron chi connectivity index (χ2n) is 5.98. The number of amides is 3. The minimum atomic E-state index is -1.20. The molecule has 3 aromatic rings. The van der Waals surface area contributed by atoms with Crippen LogP contribution >= 0.6 is 11.6 Å². The first-order valence-electron chi connectivity index (χ1n) is 8.32. The Bertz CT molecular complexity index is 1070. The van der Waals surface area contributed by atoms with E-state index in [1.807, 2.05) is 5.32 Å². The first kappa shape index (κ1) is 19.3. The number of carbonyl (C=O) groups is 3. The molecule has 0 fully saturated rings. The summed E-state index contributed by atoms with van der Waals surface area (Å²) in [5, 5.41) is 3.04. The first-order chi connectivity index (χ1) is 13.3. The van der Waals surface area contributed by atoms with Crippen LogP contribution in [0.15, 0.2) is 54.6 Å². The minimum Gasteiger partial charge on any atom is -0.449 e. The second-order valence-corrected chi connectivity index (χ2v) is 6.42. The highest BCUT2D eigenvalue weighted by molar-refractivity contribution is 6.30. The molecule has 0 bridgehead atoms. The lowest BCUT2D eigenvalue weighted by Crippen LogP contribution is -2.42. The third-order valence-corrected chi connectivity index (χ3v) is 4.23. The van der Waals surface area contributed by atoms with Crippen molar-refractivity contribution in [3.8, 4) is 11.3 Å². The van der Waals surface area contributed by atoms with E-state index in [1.54, 1.807) is 54.6 Å². The summed E-state index contributed by atoms with van der Waals surface area (Å²) in [4.78, 5) is 39.9. The zero-order valence-corrected chi connectivity index (χ0v) is 15.6. The second kappa shape index (κ2) is 8.06. The molecular formula is C20H16ClN3O4. The fraction of sp³-hybridized carbons (Fsp3) is 0.100. The highest BCUT2D eigenvalue weighted by Crippen LogP contribution is 2.26. The van der Waals surface area contributed by atoms with Crippen molar-refractivity contribution in [1.82, 2.24) is 10.3 Å². The van der Waals surface area contributed by atoms with Gasteiger partial charge in [0.2, 0.25) is 0 Å². The van der Waals surface area contributed by atoms with E-state index >= 15 is 0 Å². The number of pyridine rings is 1. The number of halogens is 1. The summed E-state index contributed by atoms with van der Waals surface area (Å²) in [7, 11) is 0. The van der Waals surface area contributed by atoms with Gasteiger partial charge in [-0.3, -0.25) is 10.1 Å². The highest BCUT2D eigenvalue weighted by atomic mass is 35.5. The monoisotopic (exact) mass is 397 g/mol. The molecule has 1 heterocycles. The number of aromatic nitrogens is 1. The number of nitrogens with zero attached hydrogens (tertiary/aromatic N) is 1. The van der Waals surface area contributed by atoms with Gasteiger partial charge < -0.3 is 10.5 Å². The van der Waals surface area contributed by atoms with Gasteiger partial charge in [-0.05, 0) is 31.2 Å². The maximum absolute atomic E-state index is 12.7. The number of nitrogens with two attached hydrogens (primary N) is 1. The van der Waals surface area contributed by atoms with E-state index in [-0.39, 0.29) is 5.56 Å². The van der Waals surface area contributed by atoms with Gasteiger partial charge in [0.25, 0.3) is 5.91 Å². The Balaban J connectivity index is 1.99. The van der Waals surface area contributed by atoms with E-state index in [0.717, 1.165) is 5.56 Å². The number of hydrogen-bond donors (Lipinski definition) is 2. The van der Waals surface area contributed by atoms with Crippen molar-refractivity contribution in [2.75, 3.05) is 0 Å². The topological polar surface area (TPSA) is 111 Å². The van der Waals surface area contributed by atoms with Crippen LogP contribution in [0, 0.1) is 0 Å². The number of urea groups is 1. The molecule has 0 radical (unpaired) electrons. The largest absolute Gasteiger partial charge is 0.449 e. The Morgan fingerprint density at radius 3 is 2.46 bits per heavy atom. The summed E-state index contributed by atoms with van der Waals surface area (Å²) in [6.07, 6.45) is -1.20. The van der Waals surface area contributed by atoms with Crippen molar-refractivity contribution >= 4 is 40.4 Å². The normalized spacial score (nSPS) is 11.6. The van der Waals surface area contributed by atoms with E-state index in [4.69, 9.17) is 22.1 Å². The maximum atomic E-state index is 12.7. The van der Waals surface area contributed by atoms with Crippen molar-refractivity contribution in [3.63, 3.8) is 0 Å². The van der Waals surface area contributed by atoms with E-state index in [0.29, 0.717) is 21.6 Å². The predicted molar refractivity (Wildman–Crippen MR) is 105 cm³/mol. The van der Waals surface area contributed by atoms with E-state index in [1.165, 1.54) is 6.92 Å². The number of benzene rings is 2. The number of primary amides is 1. The molecule has 0 aliphatic heterocycles. The molecule has 3 amide bonds. The van der Waals surface area contributed by atoms with Crippen LogP contribution in [0.3, 0.4) is 0 Å². The number of hydrogen-bond acceptors (Lipinski definition) is 5. The van der Waals surface area contributed by atoms with Crippen LogP contribution in [0.1, 0.15) is 17.3 Å². The van der Waals surface area contributed by atoms with Crippen LogP contribution in [0.4, 0.5) is 4.79 Å². The quantitative estimate of drug-likeness (QED) is 0.656. The van der Waals surface area contributed by atoms with Crippen LogP contribution in [0.5, 0.6) is 0 Å². The number of nitrogens with one attached hydrogen (secondary N) is 1. The lowest BCUT2D eigenvalue weighted by atomic mass is 10.0. The Kier molecular flexibility index (Phi) is 5.56. The molecule has 0 saturated carbocycles. The molecule has 0 aliphatic rings. The standard InChI is InChI=1S/C20H16ClN3O4/c1-11(18(25)24-20(22)27)28-19(26)15-10-17(12-6-8-13(21)9-7-12)23-16-5-3-2-4-14(15)16/h2-11H,1H3,(H3,22,24,25,27)/t11-/m0/s1. The number of esters is 1. The Morgan fingerprint density at radius 2 is 1.79 bits per heavy atom. The van der Waals surface area contributed by atoms with E-state index in [2.05, 4.69) is 4.98 Å². The zero-order valence-electron chi connectivity index (χ0n) is 14.8. The fourth-order valence-corrected chi connectivity index (χ4v) is 2.74. The number of rotatable bonds is 4.